The molecule has 0 aliphatic heterocycles. The lowest BCUT2D eigenvalue weighted by atomic mass is 9.95. The SMILES string of the molecule is O=C(Cn1cnc2ccc(Cl)cc2c1=O)NC1CCCCC1. The van der Waals surface area contributed by atoms with Crippen LogP contribution >= 0.6 is 11.6 Å². The summed E-state index contributed by atoms with van der Waals surface area (Å²) < 4.78 is 1.33. The van der Waals surface area contributed by atoms with Crippen LogP contribution in [0.15, 0.2) is 29.3 Å². The fourth-order valence-electron chi connectivity index (χ4n) is 2.92. The number of nitrogens with one attached hydrogen (secondary N) is 1. The van der Waals surface area contributed by atoms with Crippen LogP contribution < -0.4 is 10.9 Å². The van der Waals surface area contributed by atoms with E-state index in [0.717, 1.165) is 25.7 Å². The first-order valence-electron chi connectivity index (χ1n) is 7.57. The van der Waals surface area contributed by atoms with E-state index in [4.69, 9.17) is 11.6 Å². The number of nitrogens with zero attached hydrogens (tertiary/aromatic N) is 2. The summed E-state index contributed by atoms with van der Waals surface area (Å²) >= 11 is 5.92. The van der Waals surface area contributed by atoms with Gasteiger partial charge in [-0.3, -0.25) is 14.2 Å². The zero-order valence-corrected chi connectivity index (χ0v) is 13.0. The van der Waals surface area contributed by atoms with Gasteiger partial charge in [-0.2, -0.15) is 0 Å². The van der Waals surface area contributed by atoms with E-state index in [9.17, 15) is 9.59 Å². The first kappa shape index (κ1) is 15.0. The Labute approximate surface area is 133 Å². The van der Waals surface area contributed by atoms with Crippen LogP contribution in [0.2, 0.25) is 5.02 Å². The molecule has 1 heterocycles. The Morgan fingerprint density at radius 1 is 1.32 bits per heavy atom. The normalized spacial score (nSPS) is 15.9. The molecule has 0 unspecified atom stereocenters. The van der Waals surface area contributed by atoms with Gasteiger partial charge in [0.25, 0.3) is 5.56 Å². The van der Waals surface area contributed by atoms with Crippen LogP contribution in [0.1, 0.15) is 32.1 Å². The van der Waals surface area contributed by atoms with Crippen LogP contribution in [-0.2, 0) is 11.3 Å². The zero-order chi connectivity index (χ0) is 15.5. The Morgan fingerprint density at radius 2 is 2.09 bits per heavy atom. The van der Waals surface area contributed by atoms with E-state index in [2.05, 4.69) is 10.3 Å². The Morgan fingerprint density at radius 3 is 2.86 bits per heavy atom. The molecule has 0 bridgehead atoms. The molecule has 0 saturated heterocycles. The van der Waals surface area contributed by atoms with Crippen molar-refractivity contribution in [2.45, 2.75) is 44.7 Å². The molecule has 1 saturated carbocycles. The molecule has 1 aromatic heterocycles. The maximum atomic E-state index is 12.4. The van der Waals surface area contributed by atoms with Crippen LogP contribution in [0.4, 0.5) is 0 Å². The predicted molar refractivity (Wildman–Crippen MR) is 86.0 cm³/mol. The standard InChI is InChI=1S/C16H18ClN3O2/c17-11-6-7-14-13(8-11)16(22)20(10-18-14)9-15(21)19-12-4-2-1-3-5-12/h6-8,10,12H,1-5,9H2,(H,19,21). The lowest BCUT2D eigenvalue weighted by Gasteiger charge is -2.22. The van der Waals surface area contributed by atoms with E-state index < -0.39 is 0 Å². The predicted octanol–water partition coefficient (Wildman–Crippen LogP) is 2.50. The summed E-state index contributed by atoms with van der Waals surface area (Å²) in [5, 5.41) is 3.91. The third-order valence-corrected chi connectivity index (χ3v) is 4.31. The second kappa shape index (κ2) is 6.48. The number of hydrogen-bond donors (Lipinski definition) is 1. The highest BCUT2D eigenvalue weighted by molar-refractivity contribution is 6.31. The maximum absolute atomic E-state index is 12.4. The minimum Gasteiger partial charge on any atom is -0.352 e. The van der Waals surface area contributed by atoms with Crippen molar-refractivity contribution in [3.63, 3.8) is 0 Å². The molecular formula is C16H18ClN3O2. The average molecular weight is 320 g/mol. The van der Waals surface area contributed by atoms with E-state index in [0.29, 0.717) is 15.9 Å². The maximum Gasteiger partial charge on any atom is 0.261 e. The average Bonchev–Trinajstić information content (AvgIpc) is 2.51. The van der Waals surface area contributed by atoms with E-state index >= 15 is 0 Å². The smallest absolute Gasteiger partial charge is 0.261 e. The van der Waals surface area contributed by atoms with Crippen LogP contribution in [0.3, 0.4) is 0 Å². The van der Waals surface area contributed by atoms with Gasteiger partial charge >= 0.3 is 0 Å². The lowest BCUT2D eigenvalue weighted by Crippen LogP contribution is -2.39. The summed E-state index contributed by atoms with van der Waals surface area (Å²) in [6.07, 6.45) is 7.00. The number of amides is 1. The van der Waals surface area contributed by atoms with Gasteiger partial charge in [0.1, 0.15) is 6.54 Å². The van der Waals surface area contributed by atoms with Gasteiger partial charge in [0.15, 0.2) is 0 Å². The molecule has 0 spiro atoms. The van der Waals surface area contributed by atoms with E-state index in [-0.39, 0.29) is 24.1 Å². The molecule has 0 radical (unpaired) electrons. The monoisotopic (exact) mass is 319 g/mol. The molecule has 1 aliphatic carbocycles. The molecule has 22 heavy (non-hydrogen) atoms. The van der Waals surface area contributed by atoms with E-state index in [1.54, 1.807) is 18.2 Å². The number of rotatable bonds is 3. The summed E-state index contributed by atoms with van der Waals surface area (Å²) in [5.41, 5.74) is 0.338. The van der Waals surface area contributed by atoms with Crippen molar-refractivity contribution in [1.82, 2.24) is 14.9 Å². The van der Waals surface area contributed by atoms with Gasteiger partial charge in [-0.25, -0.2) is 4.98 Å². The number of carbonyl (C=O) groups is 1. The molecular weight excluding hydrogens is 302 g/mol. The highest BCUT2D eigenvalue weighted by Crippen LogP contribution is 2.17. The number of aromatic nitrogens is 2. The van der Waals surface area contributed by atoms with Crippen LogP contribution in [0.25, 0.3) is 10.9 Å². The van der Waals surface area contributed by atoms with Crippen molar-refractivity contribution in [3.8, 4) is 0 Å². The third-order valence-electron chi connectivity index (χ3n) is 4.07. The van der Waals surface area contributed by atoms with Crippen molar-refractivity contribution < 1.29 is 4.79 Å². The molecule has 2 aromatic rings. The first-order chi connectivity index (χ1) is 10.6. The van der Waals surface area contributed by atoms with Crippen LogP contribution in [-0.4, -0.2) is 21.5 Å². The van der Waals surface area contributed by atoms with Crippen molar-refractivity contribution in [2.24, 2.45) is 0 Å². The fraction of sp³-hybridized carbons (Fsp3) is 0.438. The highest BCUT2D eigenvalue weighted by Gasteiger charge is 2.16. The first-order valence-corrected chi connectivity index (χ1v) is 7.95. The molecule has 0 atom stereocenters. The van der Waals surface area contributed by atoms with Gasteiger partial charge in [-0.1, -0.05) is 30.9 Å². The Kier molecular flexibility index (Phi) is 4.43. The quantitative estimate of drug-likeness (QED) is 0.945. The molecule has 3 rings (SSSR count). The van der Waals surface area contributed by atoms with Gasteiger partial charge < -0.3 is 5.32 Å². The second-order valence-corrected chi connectivity index (χ2v) is 6.18. The van der Waals surface area contributed by atoms with Crippen molar-refractivity contribution >= 4 is 28.4 Å². The van der Waals surface area contributed by atoms with Gasteiger partial charge in [0.2, 0.25) is 5.91 Å². The molecule has 1 aliphatic rings. The minimum absolute atomic E-state index is 0.00914. The van der Waals surface area contributed by atoms with Gasteiger partial charge in [0.05, 0.1) is 17.2 Å². The minimum atomic E-state index is -0.244. The Bertz CT molecular complexity index is 751. The van der Waals surface area contributed by atoms with E-state index in [1.807, 2.05) is 0 Å². The largest absolute Gasteiger partial charge is 0.352 e. The van der Waals surface area contributed by atoms with Crippen molar-refractivity contribution in [2.75, 3.05) is 0 Å². The van der Waals surface area contributed by atoms with E-state index in [1.165, 1.54) is 17.3 Å². The third kappa shape index (κ3) is 3.30. The molecule has 116 valence electrons. The Hall–Kier alpha value is -1.88. The Balaban J connectivity index is 1.77. The van der Waals surface area contributed by atoms with Crippen molar-refractivity contribution in [1.29, 1.82) is 0 Å². The highest BCUT2D eigenvalue weighted by atomic mass is 35.5. The fourth-order valence-corrected chi connectivity index (χ4v) is 3.09. The summed E-state index contributed by atoms with van der Waals surface area (Å²) in [7, 11) is 0. The van der Waals surface area contributed by atoms with Crippen LogP contribution in [0.5, 0.6) is 0 Å². The molecule has 5 nitrogen and oxygen atoms in total. The summed E-state index contributed by atoms with van der Waals surface area (Å²) in [6.45, 7) is -0.00914. The molecule has 1 amide bonds. The van der Waals surface area contributed by atoms with Gasteiger partial charge in [-0.15, -0.1) is 0 Å². The number of benzene rings is 1. The molecule has 1 aromatic carbocycles. The van der Waals surface area contributed by atoms with Crippen LogP contribution in [0, 0.1) is 0 Å². The van der Waals surface area contributed by atoms with Gasteiger partial charge in [0, 0.05) is 11.1 Å². The number of carbonyl (C=O) groups excluding carboxylic acids is 1. The molecule has 1 N–H and O–H groups in total. The number of hydrogen-bond acceptors (Lipinski definition) is 3. The molecule has 1 fully saturated rings. The lowest BCUT2D eigenvalue weighted by molar-refractivity contribution is -0.122. The second-order valence-electron chi connectivity index (χ2n) is 5.74. The number of halogens is 1. The summed E-state index contributed by atoms with van der Waals surface area (Å²) in [5.74, 6) is -0.142. The summed E-state index contributed by atoms with van der Waals surface area (Å²) in [6, 6.07) is 5.21. The zero-order valence-electron chi connectivity index (χ0n) is 12.2. The number of fused-ring (bicyclic) bond motifs is 1. The van der Waals surface area contributed by atoms with Crippen molar-refractivity contribution in [3.05, 3.63) is 39.9 Å². The van der Waals surface area contributed by atoms with Gasteiger partial charge in [-0.05, 0) is 31.0 Å². The molecule has 6 heteroatoms. The summed E-state index contributed by atoms with van der Waals surface area (Å²) in [4.78, 5) is 28.7. The topological polar surface area (TPSA) is 64.0 Å².